The number of hydrogen-bond donors (Lipinski definition) is 0. The third-order valence-electron chi connectivity index (χ3n) is 1.98. The summed E-state index contributed by atoms with van der Waals surface area (Å²) < 4.78 is 10.0. The Labute approximate surface area is 96.8 Å². The van der Waals surface area contributed by atoms with Crippen LogP contribution in [0.3, 0.4) is 0 Å². The lowest BCUT2D eigenvalue weighted by molar-refractivity contribution is -0.149. The Balaban J connectivity index is 2.46. The van der Waals surface area contributed by atoms with Crippen LogP contribution in [-0.4, -0.2) is 36.7 Å². The molecule has 86 valence electrons. The Morgan fingerprint density at radius 1 is 1.07 bits per heavy atom. The maximum atomic E-state index is 10.7. The van der Waals surface area contributed by atoms with Gasteiger partial charge in [-0.15, -0.1) is 0 Å². The van der Waals surface area contributed by atoms with Crippen LogP contribution in [0.1, 0.15) is 13.8 Å². The zero-order valence-electron chi connectivity index (χ0n) is 8.78. The number of esters is 2. The lowest BCUT2D eigenvalue weighted by Gasteiger charge is -2.25. The molecule has 1 aliphatic rings. The summed E-state index contributed by atoms with van der Waals surface area (Å²) in [7, 11) is 3.44. The van der Waals surface area contributed by atoms with E-state index in [4.69, 9.17) is 9.47 Å². The van der Waals surface area contributed by atoms with Crippen LogP contribution in [0.2, 0.25) is 0 Å². The molecule has 1 rings (SSSR count). The van der Waals surface area contributed by atoms with E-state index in [0.29, 0.717) is 13.2 Å². The average molecular weight is 250 g/mol. The molecule has 0 aromatic rings. The van der Waals surface area contributed by atoms with E-state index in [0.717, 1.165) is 11.5 Å². The fraction of sp³-hybridized carbons (Fsp3) is 0.778. The fourth-order valence-corrected chi connectivity index (χ4v) is 4.43. The van der Waals surface area contributed by atoms with Gasteiger partial charge in [-0.1, -0.05) is 21.6 Å². The summed E-state index contributed by atoms with van der Waals surface area (Å²) in [5.74, 6) is 1.11. The first-order chi connectivity index (χ1) is 7.04. The maximum absolute atomic E-state index is 10.7. The van der Waals surface area contributed by atoms with Crippen molar-refractivity contribution in [1.82, 2.24) is 0 Å². The first-order valence-electron chi connectivity index (χ1n) is 4.55. The van der Waals surface area contributed by atoms with Gasteiger partial charge in [-0.05, 0) is 0 Å². The van der Waals surface area contributed by atoms with E-state index in [1.807, 2.05) is 0 Å². The Morgan fingerprint density at radius 2 is 1.47 bits per heavy atom. The number of carbonyl (C=O) groups is 2. The lowest BCUT2D eigenvalue weighted by Crippen LogP contribution is -2.36. The van der Waals surface area contributed by atoms with Crippen LogP contribution in [0.15, 0.2) is 0 Å². The second-order valence-corrected chi connectivity index (χ2v) is 6.05. The van der Waals surface area contributed by atoms with Gasteiger partial charge in [-0.3, -0.25) is 9.59 Å². The zero-order chi connectivity index (χ0) is 11.3. The van der Waals surface area contributed by atoms with Crippen LogP contribution in [0.25, 0.3) is 0 Å². The maximum Gasteiger partial charge on any atom is 0.302 e. The van der Waals surface area contributed by atoms with E-state index in [1.54, 1.807) is 21.6 Å². The minimum absolute atomic E-state index is 0.202. The molecular formula is C9H14O4S2. The molecule has 0 atom stereocenters. The van der Waals surface area contributed by atoms with Crippen molar-refractivity contribution >= 4 is 33.5 Å². The normalized spacial score (nSPS) is 18.5. The Bertz CT molecular complexity index is 228. The van der Waals surface area contributed by atoms with E-state index in [-0.39, 0.29) is 17.4 Å². The van der Waals surface area contributed by atoms with E-state index in [1.165, 1.54) is 13.8 Å². The quantitative estimate of drug-likeness (QED) is 0.556. The van der Waals surface area contributed by atoms with Crippen molar-refractivity contribution in [2.45, 2.75) is 13.8 Å². The lowest BCUT2D eigenvalue weighted by atomic mass is 9.95. The molecule has 4 nitrogen and oxygen atoms in total. The molecule has 1 saturated heterocycles. The molecular weight excluding hydrogens is 236 g/mol. The largest absolute Gasteiger partial charge is 0.465 e. The van der Waals surface area contributed by atoms with E-state index in [2.05, 4.69) is 0 Å². The Morgan fingerprint density at radius 3 is 1.80 bits per heavy atom. The molecule has 0 aromatic carbocycles. The molecule has 0 aliphatic carbocycles. The molecule has 1 heterocycles. The molecule has 0 unspecified atom stereocenters. The van der Waals surface area contributed by atoms with Gasteiger partial charge in [0.25, 0.3) is 0 Å². The Hall–Kier alpha value is -0.360. The van der Waals surface area contributed by atoms with Gasteiger partial charge < -0.3 is 9.47 Å². The summed E-state index contributed by atoms with van der Waals surface area (Å²) in [6.07, 6.45) is 0. The topological polar surface area (TPSA) is 52.6 Å². The minimum atomic E-state index is -0.292. The fourth-order valence-electron chi connectivity index (χ4n) is 1.09. The zero-order valence-corrected chi connectivity index (χ0v) is 10.4. The first kappa shape index (κ1) is 12.7. The summed E-state index contributed by atoms with van der Waals surface area (Å²) >= 11 is 0. The van der Waals surface area contributed by atoms with Crippen molar-refractivity contribution in [1.29, 1.82) is 0 Å². The number of rotatable bonds is 4. The second-order valence-electron chi connectivity index (χ2n) is 3.58. The first-order valence-corrected chi connectivity index (χ1v) is 7.04. The monoisotopic (exact) mass is 250 g/mol. The SMILES string of the molecule is CC(=O)OCC1(COC(C)=O)CSSC1. The van der Waals surface area contributed by atoms with Crippen molar-refractivity contribution in [3.05, 3.63) is 0 Å². The summed E-state index contributed by atoms with van der Waals surface area (Å²) in [5.41, 5.74) is -0.202. The van der Waals surface area contributed by atoms with Crippen molar-refractivity contribution in [2.24, 2.45) is 5.41 Å². The molecule has 0 radical (unpaired) electrons. The third-order valence-corrected chi connectivity index (χ3v) is 4.81. The molecule has 0 aromatic heterocycles. The van der Waals surface area contributed by atoms with Gasteiger partial charge in [0.1, 0.15) is 13.2 Å². The molecule has 6 heteroatoms. The molecule has 0 spiro atoms. The van der Waals surface area contributed by atoms with Gasteiger partial charge in [-0.2, -0.15) is 0 Å². The highest BCUT2D eigenvalue weighted by atomic mass is 33.1. The molecule has 0 N–H and O–H groups in total. The van der Waals surface area contributed by atoms with Crippen LogP contribution in [0, 0.1) is 5.41 Å². The van der Waals surface area contributed by atoms with Crippen molar-refractivity contribution in [2.75, 3.05) is 24.7 Å². The Kier molecular flexibility index (Phi) is 4.79. The van der Waals surface area contributed by atoms with Crippen molar-refractivity contribution in [3.8, 4) is 0 Å². The van der Waals surface area contributed by atoms with Crippen LogP contribution in [0.4, 0.5) is 0 Å². The van der Waals surface area contributed by atoms with E-state index < -0.39 is 0 Å². The minimum Gasteiger partial charge on any atom is -0.465 e. The smallest absolute Gasteiger partial charge is 0.302 e. The second kappa shape index (κ2) is 5.65. The summed E-state index contributed by atoms with van der Waals surface area (Å²) in [6.45, 7) is 3.43. The molecule has 0 saturated carbocycles. The van der Waals surface area contributed by atoms with Gasteiger partial charge in [0, 0.05) is 25.4 Å². The highest BCUT2D eigenvalue weighted by Crippen LogP contribution is 2.43. The predicted octanol–water partition coefficient (Wildman–Crippen LogP) is 1.49. The number of hydrogen-bond acceptors (Lipinski definition) is 6. The van der Waals surface area contributed by atoms with Crippen LogP contribution in [0.5, 0.6) is 0 Å². The summed E-state index contributed by atoms with van der Waals surface area (Å²) in [6, 6.07) is 0. The van der Waals surface area contributed by atoms with Crippen molar-refractivity contribution in [3.63, 3.8) is 0 Å². The third kappa shape index (κ3) is 4.34. The standard InChI is InChI=1S/C9H14O4S2/c1-7(10)12-3-9(4-13-8(2)11)5-14-15-6-9/h3-6H2,1-2H3. The number of carbonyl (C=O) groups excluding carboxylic acids is 2. The van der Waals surface area contributed by atoms with Crippen molar-refractivity contribution < 1.29 is 19.1 Å². The van der Waals surface area contributed by atoms with Crippen LogP contribution in [-0.2, 0) is 19.1 Å². The van der Waals surface area contributed by atoms with Gasteiger partial charge >= 0.3 is 11.9 Å². The molecule has 0 amide bonds. The molecule has 0 bridgehead atoms. The molecule has 15 heavy (non-hydrogen) atoms. The van der Waals surface area contributed by atoms with Crippen LogP contribution < -0.4 is 0 Å². The van der Waals surface area contributed by atoms with Gasteiger partial charge in [0.2, 0.25) is 0 Å². The van der Waals surface area contributed by atoms with Gasteiger partial charge in [0.15, 0.2) is 0 Å². The molecule has 1 fully saturated rings. The average Bonchev–Trinajstić information content (AvgIpc) is 2.61. The van der Waals surface area contributed by atoms with Gasteiger partial charge in [0.05, 0.1) is 5.41 Å². The van der Waals surface area contributed by atoms with Gasteiger partial charge in [-0.25, -0.2) is 0 Å². The van der Waals surface area contributed by atoms with E-state index in [9.17, 15) is 9.59 Å². The van der Waals surface area contributed by atoms with E-state index >= 15 is 0 Å². The number of ether oxygens (including phenoxy) is 2. The highest BCUT2D eigenvalue weighted by Gasteiger charge is 2.37. The summed E-state index contributed by atoms with van der Waals surface area (Å²) in [4.78, 5) is 21.5. The molecule has 1 aliphatic heterocycles. The predicted molar refractivity (Wildman–Crippen MR) is 60.6 cm³/mol. The van der Waals surface area contributed by atoms with Crippen LogP contribution >= 0.6 is 21.6 Å². The summed E-state index contributed by atoms with van der Waals surface area (Å²) in [5, 5.41) is 0. The highest BCUT2D eigenvalue weighted by molar-refractivity contribution is 8.77.